The number of nitrogens with two attached hydrogens (primary N) is 1. The van der Waals surface area contributed by atoms with E-state index in [2.05, 4.69) is 17.0 Å². The van der Waals surface area contributed by atoms with E-state index in [0.717, 1.165) is 12.1 Å². The summed E-state index contributed by atoms with van der Waals surface area (Å²) in [6.45, 7) is 3.67. The molecule has 1 aliphatic heterocycles. The number of benzene rings is 1. The molecule has 17 heavy (non-hydrogen) atoms. The van der Waals surface area contributed by atoms with Gasteiger partial charge in [0.2, 0.25) is 0 Å². The smallest absolute Gasteiger partial charge is 0.0912 e. The molecular formula is C14H22N2O. The Morgan fingerprint density at radius 2 is 2.00 bits per heavy atom. The molecule has 1 aliphatic rings. The van der Waals surface area contributed by atoms with Gasteiger partial charge in [-0.3, -0.25) is 4.90 Å². The van der Waals surface area contributed by atoms with Crippen LogP contribution in [0.5, 0.6) is 0 Å². The summed E-state index contributed by atoms with van der Waals surface area (Å²) in [5.74, 6) is 0. The van der Waals surface area contributed by atoms with Crippen molar-refractivity contribution in [3.8, 4) is 0 Å². The van der Waals surface area contributed by atoms with E-state index in [1.54, 1.807) is 0 Å². The number of hydrogen-bond acceptors (Lipinski definition) is 3. The third-order valence-electron chi connectivity index (χ3n) is 3.41. The number of piperidine rings is 1. The summed E-state index contributed by atoms with van der Waals surface area (Å²) < 4.78 is 0. The van der Waals surface area contributed by atoms with Crippen LogP contribution in [-0.4, -0.2) is 29.6 Å². The molecule has 0 bridgehead atoms. The van der Waals surface area contributed by atoms with Crippen molar-refractivity contribution in [2.24, 2.45) is 5.73 Å². The maximum Gasteiger partial charge on any atom is 0.0912 e. The molecular weight excluding hydrogens is 212 g/mol. The van der Waals surface area contributed by atoms with Gasteiger partial charge < -0.3 is 10.8 Å². The SMILES string of the molecule is NCC(O)c1cccc(CN2CCCCC2)c1. The monoisotopic (exact) mass is 234 g/mol. The predicted molar refractivity (Wildman–Crippen MR) is 69.6 cm³/mol. The molecule has 1 atom stereocenters. The summed E-state index contributed by atoms with van der Waals surface area (Å²) in [6, 6.07) is 8.15. The second-order valence-corrected chi connectivity index (χ2v) is 4.83. The van der Waals surface area contributed by atoms with Crippen LogP contribution < -0.4 is 5.73 Å². The molecule has 0 aliphatic carbocycles. The molecule has 0 radical (unpaired) electrons. The van der Waals surface area contributed by atoms with Crippen molar-refractivity contribution in [1.29, 1.82) is 0 Å². The van der Waals surface area contributed by atoms with Gasteiger partial charge in [0.25, 0.3) is 0 Å². The lowest BCUT2D eigenvalue weighted by Gasteiger charge is -2.26. The van der Waals surface area contributed by atoms with Crippen molar-refractivity contribution in [3.05, 3.63) is 35.4 Å². The Bertz CT molecular complexity index is 348. The van der Waals surface area contributed by atoms with Crippen molar-refractivity contribution < 1.29 is 5.11 Å². The number of rotatable bonds is 4. The third-order valence-corrected chi connectivity index (χ3v) is 3.41. The molecule has 0 aromatic heterocycles. The summed E-state index contributed by atoms with van der Waals surface area (Å²) in [4.78, 5) is 2.48. The van der Waals surface area contributed by atoms with Gasteiger partial charge in [-0.05, 0) is 37.1 Å². The fraction of sp³-hybridized carbons (Fsp3) is 0.571. The summed E-state index contributed by atoms with van der Waals surface area (Å²) >= 11 is 0. The van der Waals surface area contributed by atoms with Gasteiger partial charge in [-0.25, -0.2) is 0 Å². The molecule has 3 heteroatoms. The second kappa shape index (κ2) is 6.15. The zero-order valence-electron chi connectivity index (χ0n) is 10.3. The molecule has 1 heterocycles. The minimum Gasteiger partial charge on any atom is -0.387 e. The van der Waals surface area contributed by atoms with Gasteiger partial charge in [-0.1, -0.05) is 30.7 Å². The van der Waals surface area contributed by atoms with Crippen LogP contribution in [0.4, 0.5) is 0 Å². The lowest BCUT2D eigenvalue weighted by atomic mass is 10.0. The summed E-state index contributed by atoms with van der Waals surface area (Å²) in [5.41, 5.74) is 7.69. The quantitative estimate of drug-likeness (QED) is 0.833. The third kappa shape index (κ3) is 3.53. The van der Waals surface area contributed by atoms with Gasteiger partial charge in [0, 0.05) is 13.1 Å². The van der Waals surface area contributed by atoms with E-state index in [1.807, 2.05) is 12.1 Å². The fourth-order valence-electron chi connectivity index (χ4n) is 2.41. The van der Waals surface area contributed by atoms with E-state index in [1.165, 1.54) is 37.9 Å². The average molecular weight is 234 g/mol. The van der Waals surface area contributed by atoms with Crippen LogP contribution >= 0.6 is 0 Å². The maximum atomic E-state index is 9.72. The van der Waals surface area contributed by atoms with Crippen LogP contribution in [-0.2, 0) is 6.54 Å². The Morgan fingerprint density at radius 1 is 1.24 bits per heavy atom. The van der Waals surface area contributed by atoms with E-state index in [9.17, 15) is 5.11 Å². The first kappa shape index (κ1) is 12.6. The molecule has 94 valence electrons. The number of likely N-dealkylation sites (tertiary alicyclic amines) is 1. The van der Waals surface area contributed by atoms with Crippen LogP contribution in [0.15, 0.2) is 24.3 Å². The van der Waals surface area contributed by atoms with Crippen LogP contribution in [0, 0.1) is 0 Å². The average Bonchev–Trinajstić information content (AvgIpc) is 2.39. The van der Waals surface area contributed by atoms with Gasteiger partial charge in [0.15, 0.2) is 0 Å². The number of aliphatic hydroxyl groups excluding tert-OH is 1. The van der Waals surface area contributed by atoms with Crippen molar-refractivity contribution >= 4 is 0 Å². The molecule has 0 saturated carbocycles. The van der Waals surface area contributed by atoms with Crippen LogP contribution in [0.3, 0.4) is 0 Å². The first-order chi connectivity index (χ1) is 8.29. The van der Waals surface area contributed by atoms with Gasteiger partial charge in [-0.2, -0.15) is 0 Å². The van der Waals surface area contributed by atoms with E-state index in [4.69, 9.17) is 5.73 Å². The molecule has 3 nitrogen and oxygen atoms in total. The molecule has 1 aromatic carbocycles. The minimum atomic E-state index is -0.531. The Balaban J connectivity index is 2.00. The lowest BCUT2D eigenvalue weighted by molar-refractivity contribution is 0.186. The van der Waals surface area contributed by atoms with Crippen LogP contribution in [0.1, 0.15) is 36.5 Å². The van der Waals surface area contributed by atoms with Crippen molar-refractivity contribution in [2.45, 2.75) is 31.9 Å². The van der Waals surface area contributed by atoms with E-state index in [0.29, 0.717) is 0 Å². The Morgan fingerprint density at radius 3 is 2.71 bits per heavy atom. The Kier molecular flexibility index (Phi) is 4.54. The first-order valence-electron chi connectivity index (χ1n) is 6.49. The highest BCUT2D eigenvalue weighted by atomic mass is 16.3. The zero-order valence-corrected chi connectivity index (χ0v) is 10.3. The normalized spacial score (nSPS) is 19.2. The molecule has 1 unspecified atom stereocenters. The minimum absolute atomic E-state index is 0.285. The molecule has 1 saturated heterocycles. The largest absolute Gasteiger partial charge is 0.387 e. The highest BCUT2D eigenvalue weighted by Crippen LogP contribution is 2.17. The molecule has 2 rings (SSSR count). The van der Waals surface area contributed by atoms with Crippen molar-refractivity contribution in [2.75, 3.05) is 19.6 Å². The van der Waals surface area contributed by atoms with Crippen LogP contribution in [0.2, 0.25) is 0 Å². The summed E-state index contributed by atoms with van der Waals surface area (Å²) in [7, 11) is 0. The standard InChI is InChI=1S/C14H22N2O/c15-10-14(17)13-6-4-5-12(9-13)11-16-7-2-1-3-8-16/h4-6,9,14,17H,1-3,7-8,10-11,15H2. The zero-order chi connectivity index (χ0) is 12.1. The number of aliphatic hydroxyl groups is 1. The van der Waals surface area contributed by atoms with E-state index in [-0.39, 0.29) is 6.54 Å². The van der Waals surface area contributed by atoms with Gasteiger partial charge in [0.05, 0.1) is 6.10 Å². The van der Waals surface area contributed by atoms with Gasteiger partial charge >= 0.3 is 0 Å². The molecule has 1 fully saturated rings. The Hall–Kier alpha value is -0.900. The topological polar surface area (TPSA) is 49.5 Å². The number of hydrogen-bond donors (Lipinski definition) is 2. The molecule has 3 N–H and O–H groups in total. The number of nitrogens with zero attached hydrogens (tertiary/aromatic N) is 1. The predicted octanol–water partition coefficient (Wildman–Crippen LogP) is 1.66. The lowest BCUT2D eigenvalue weighted by Crippen LogP contribution is -2.29. The van der Waals surface area contributed by atoms with E-state index >= 15 is 0 Å². The van der Waals surface area contributed by atoms with Crippen molar-refractivity contribution in [1.82, 2.24) is 4.90 Å². The second-order valence-electron chi connectivity index (χ2n) is 4.83. The van der Waals surface area contributed by atoms with Crippen LogP contribution in [0.25, 0.3) is 0 Å². The van der Waals surface area contributed by atoms with Gasteiger partial charge in [-0.15, -0.1) is 0 Å². The highest BCUT2D eigenvalue weighted by molar-refractivity contribution is 5.25. The maximum absolute atomic E-state index is 9.72. The van der Waals surface area contributed by atoms with Crippen molar-refractivity contribution in [3.63, 3.8) is 0 Å². The van der Waals surface area contributed by atoms with Gasteiger partial charge in [0.1, 0.15) is 0 Å². The summed E-state index contributed by atoms with van der Waals surface area (Å²) in [6.07, 6.45) is 3.45. The molecule has 1 aromatic rings. The highest BCUT2D eigenvalue weighted by Gasteiger charge is 2.11. The first-order valence-corrected chi connectivity index (χ1v) is 6.49. The molecule has 0 amide bonds. The molecule has 0 spiro atoms. The Labute approximate surface area is 103 Å². The van der Waals surface area contributed by atoms with E-state index < -0.39 is 6.10 Å². The summed E-state index contributed by atoms with van der Waals surface area (Å²) in [5, 5.41) is 9.72. The fourth-order valence-corrected chi connectivity index (χ4v) is 2.41.